The highest BCUT2D eigenvalue weighted by molar-refractivity contribution is 6.07. The zero-order valence-electron chi connectivity index (χ0n) is 15.0. The molecule has 0 unspecified atom stereocenters. The van der Waals surface area contributed by atoms with E-state index >= 15 is 0 Å². The van der Waals surface area contributed by atoms with Gasteiger partial charge >= 0.3 is 0 Å². The summed E-state index contributed by atoms with van der Waals surface area (Å²) < 4.78 is 0. The first-order chi connectivity index (χ1) is 11.6. The molecule has 1 spiro atoms. The molecule has 3 heterocycles. The van der Waals surface area contributed by atoms with Gasteiger partial charge in [-0.25, -0.2) is 0 Å². The van der Waals surface area contributed by atoms with Gasteiger partial charge in [-0.1, -0.05) is 18.2 Å². The van der Waals surface area contributed by atoms with Gasteiger partial charge in [-0.2, -0.15) is 0 Å². The van der Waals surface area contributed by atoms with E-state index in [4.69, 9.17) is 0 Å². The van der Waals surface area contributed by atoms with E-state index in [0.29, 0.717) is 5.91 Å². The molecule has 0 aliphatic carbocycles. The maximum atomic E-state index is 13.0. The Balaban J connectivity index is 1.41. The first kappa shape index (κ1) is 16.1. The molecule has 3 aliphatic heterocycles. The van der Waals surface area contributed by atoms with E-state index in [1.165, 1.54) is 37.9 Å². The molecule has 24 heavy (non-hydrogen) atoms. The molecule has 1 aromatic rings. The Morgan fingerprint density at radius 1 is 1.12 bits per heavy atom. The largest absolute Gasteiger partial charge is 0.314 e. The number of rotatable bonds is 3. The number of anilines is 1. The predicted octanol–water partition coefficient (Wildman–Crippen LogP) is 2.48. The van der Waals surface area contributed by atoms with Crippen LogP contribution in [0.3, 0.4) is 0 Å². The van der Waals surface area contributed by atoms with Gasteiger partial charge in [0.25, 0.3) is 0 Å². The number of carbonyl (C=O) groups is 1. The maximum Gasteiger partial charge on any atom is 0.237 e. The fourth-order valence-electron chi connectivity index (χ4n) is 5.03. The van der Waals surface area contributed by atoms with Crippen LogP contribution in [0.5, 0.6) is 0 Å². The molecular formula is C20H29N3O. The van der Waals surface area contributed by atoms with E-state index < -0.39 is 0 Å². The summed E-state index contributed by atoms with van der Waals surface area (Å²) in [5.41, 5.74) is 2.11. The molecule has 0 aromatic heterocycles. The Morgan fingerprint density at radius 2 is 1.88 bits per heavy atom. The van der Waals surface area contributed by atoms with Crippen LogP contribution in [0.15, 0.2) is 24.3 Å². The zero-order valence-corrected chi connectivity index (χ0v) is 15.0. The second kappa shape index (κ2) is 6.16. The number of fused-ring (bicyclic) bond motifs is 2. The summed E-state index contributed by atoms with van der Waals surface area (Å²) in [5, 5.41) is 0. The summed E-state index contributed by atoms with van der Waals surface area (Å²) in [7, 11) is 4.19. The van der Waals surface area contributed by atoms with Crippen molar-refractivity contribution in [3.63, 3.8) is 0 Å². The van der Waals surface area contributed by atoms with Gasteiger partial charge in [-0.05, 0) is 77.0 Å². The van der Waals surface area contributed by atoms with Gasteiger partial charge in [0.2, 0.25) is 5.91 Å². The molecule has 2 saturated heterocycles. The molecule has 2 fully saturated rings. The van der Waals surface area contributed by atoms with Crippen molar-refractivity contribution in [3.05, 3.63) is 29.8 Å². The molecule has 3 aliphatic rings. The summed E-state index contributed by atoms with van der Waals surface area (Å²) in [4.78, 5) is 19.9. The fraction of sp³-hybridized carbons (Fsp3) is 0.650. The maximum absolute atomic E-state index is 13.0. The summed E-state index contributed by atoms with van der Waals surface area (Å²) in [6.45, 7) is 4.52. The lowest BCUT2D eigenvalue weighted by Gasteiger charge is -2.39. The highest BCUT2D eigenvalue weighted by Gasteiger charge is 2.50. The zero-order chi connectivity index (χ0) is 16.7. The van der Waals surface area contributed by atoms with Crippen LogP contribution in [-0.2, 0) is 10.2 Å². The average Bonchev–Trinajstić information content (AvgIpc) is 3.11. The highest BCUT2D eigenvalue weighted by Crippen LogP contribution is 2.47. The molecule has 1 amide bonds. The third-order valence-electron chi connectivity index (χ3n) is 6.65. The number of carbonyl (C=O) groups excluding carboxylic acids is 1. The van der Waals surface area contributed by atoms with Gasteiger partial charge in [0.15, 0.2) is 0 Å². The molecule has 4 heteroatoms. The Bertz CT molecular complexity index is 621. The number of amides is 1. The van der Waals surface area contributed by atoms with Crippen molar-refractivity contribution in [2.24, 2.45) is 0 Å². The van der Waals surface area contributed by atoms with E-state index in [-0.39, 0.29) is 5.41 Å². The fourth-order valence-corrected chi connectivity index (χ4v) is 5.03. The van der Waals surface area contributed by atoms with Crippen molar-refractivity contribution in [1.29, 1.82) is 0 Å². The smallest absolute Gasteiger partial charge is 0.237 e. The molecule has 0 saturated carbocycles. The molecule has 0 bridgehead atoms. The molecule has 1 aromatic carbocycles. The Labute approximate surface area is 145 Å². The van der Waals surface area contributed by atoms with Crippen LogP contribution >= 0.6 is 0 Å². The average molecular weight is 327 g/mol. The topological polar surface area (TPSA) is 26.8 Å². The number of hydrogen-bond donors (Lipinski definition) is 0. The van der Waals surface area contributed by atoms with E-state index in [2.05, 4.69) is 35.0 Å². The molecule has 4 nitrogen and oxygen atoms in total. The summed E-state index contributed by atoms with van der Waals surface area (Å²) in [6.07, 6.45) is 5.90. The van der Waals surface area contributed by atoms with E-state index in [0.717, 1.165) is 37.7 Å². The third-order valence-corrected chi connectivity index (χ3v) is 6.65. The normalized spacial score (nSPS) is 27.2. The lowest BCUT2D eigenvalue weighted by Crippen LogP contribution is -2.48. The summed E-state index contributed by atoms with van der Waals surface area (Å²) in [5.74, 6) is 0.305. The van der Waals surface area contributed by atoms with Crippen molar-refractivity contribution in [1.82, 2.24) is 9.80 Å². The van der Waals surface area contributed by atoms with Crippen LogP contribution in [0.4, 0.5) is 5.69 Å². The second-order valence-electron chi connectivity index (χ2n) is 7.87. The monoisotopic (exact) mass is 327 g/mol. The Kier molecular flexibility index (Phi) is 4.13. The lowest BCUT2D eigenvalue weighted by molar-refractivity contribution is -0.124. The minimum Gasteiger partial charge on any atom is -0.314 e. The van der Waals surface area contributed by atoms with Gasteiger partial charge in [0, 0.05) is 18.8 Å². The van der Waals surface area contributed by atoms with Crippen molar-refractivity contribution in [3.8, 4) is 0 Å². The number of likely N-dealkylation sites (tertiary alicyclic amines) is 2. The van der Waals surface area contributed by atoms with Gasteiger partial charge in [0.05, 0.1) is 5.41 Å². The number of para-hydroxylation sites is 1. The van der Waals surface area contributed by atoms with Crippen LogP contribution in [0.25, 0.3) is 0 Å². The summed E-state index contributed by atoms with van der Waals surface area (Å²) >= 11 is 0. The molecule has 0 N–H and O–H groups in total. The quantitative estimate of drug-likeness (QED) is 0.853. The number of benzene rings is 1. The van der Waals surface area contributed by atoms with Crippen LogP contribution in [0.1, 0.15) is 37.7 Å². The Hall–Kier alpha value is -1.39. The second-order valence-corrected chi connectivity index (χ2v) is 7.87. The first-order valence-corrected chi connectivity index (χ1v) is 9.42. The lowest BCUT2D eigenvalue weighted by atomic mass is 9.73. The van der Waals surface area contributed by atoms with Crippen LogP contribution in [0.2, 0.25) is 0 Å². The van der Waals surface area contributed by atoms with Gasteiger partial charge < -0.3 is 14.7 Å². The number of piperidine rings is 1. The van der Waals surface area contributed by atoms with E-state index in [9.17, 15) is 4.79 Å². The van der Waals surface area contributed by atoms with Crippen molar-refractivity contribution in [2.75, 3.05) is 45.2 Å². The molecule has 1 atom stereocenters. The highest BCUT2D eigenvalue weighted by atomic mass is 16.2. The standard InChI is InChI=1S/C20H29N3O/c1-21-12-5-6-16(21)9-13-23-14-10-20(11-15-23)17-7-3-4-8-18(17)22(2)19(20)24/h3-4,7-8,16H,5-6,9-15H2,1-2H3/t16-/m1/s1. The van der Waals surface area contributed by atoms with Crippen molar-refractivity contribution < 1.29 is 4.79 Å². The molecule has 130 valence electrons. The minimum absolute atomic E-state index is 0.258. The third kappa shape index (κ3) is 2.47. The minimum atomic E-state index is -0.258. The van der Waals surface area contributed by atoms with E-state index in [1.54, 1.807) is 0 Å². The number of hydrogen-bond acceptors (Lipinski definition) is 3. The van der Waals surface area contributed by atoms with Crippen LogP contribution in [0, 0.1) is 0 Å². The van der Waals surface area contributed by atoms with Gasteiger partial charge in [0.1, 0.15) is 0 Å². The van der Waals surface area contributed by atoms with Crippen LogP contribution < -0.4 is 4.90 Å². The molecule has 0 radical (unpaired) electrons. The van der Waals surface area contributed by atoms with Crippen molar-refractivity contribution in [2.45, 2.75) is 43.6 Å². The predicted molar refractivity (Wildman–Crippen MR) is 97.5 cm³/mol. The van der Waals surface area contributed by atoms with E-state index in [1.807, 2.05) is 18.0 Å². The van der Waals surface area contributed by atoms with Crippen LogP contribution in [-0.4, -0.2) is 62.0 Å². The SMILES string of the molecule is CN1C(=O)C2(CCN(CC[C@H]3CCCN3C)CC2)c2ccccc21. The number of nitrogens with zero attached hydrogens (tertiary/aromatic N) is 3. The Morgan fingerprint density at radius 3 is 2.58 bits per heavy atom. The summed E-state index contributed by atoms with van der Waals surface area (Å²) in [6, 6.07) is 9.13. The first-order valence-electron chi connectivity index (χ1n) is 9.42. The van der Waals surface area contributed by atoms with Gasteiger partial charge in [-0.3, -0.25) is 4.79 Å². The van der Waals surface area contributed by atoms with Crippen molar-refractivity contribution >= 4 is 11.6 Å². The molecular weight excluding hydrogens is 298 g/mol. The van der Waals surface area contributed by atoms with Gasteiger partial charge in [-0.15, -0.1) is 0 Å². The number of likely N-dealkylation sites (N-methyl/N-ethyl adjacent to an activating group) is 1. The molecule has 4 rings (SSSR count).